The maximum atomic E-state index is 11.2. The summed E-state index contributed by atoms with van der Waals surface area (Å²) in [7, 11) is -4.31. The van der Waals surface area contributed by atoms with Gasteiger partial charge in [-0.15, -0.1) is 11.3 Å². The highest BCUT2D eigenvalue weighted by Gasteiger charge is 2.20. The molecule has 0 spiro atoms. The fourth-order valence-electron chi connectivity index (χ4n) is 1.47. The van der Waals surface area contributed by atoms with Gasteiger partial charge < -0.3 is 5.73 Å². The van der Waals surface area contributed by atoms with Gasteiger partial charge in [0.1, 0.15) is 4.90 Å². The average molecular weight is 255 g/mol. The molecule has 3 N–H and O–H groups in total. The number of anilines is 1. The number of benzene rings is 1. The minimum Gasteiger partial charge on any atom is -0.398 e. The molecule has 16 heavy (non-hydrogen) atoms. The Morgan fingerprint density at radius 1 is 1.19 bits per heavy atom. The molecule has 2 rings (SSSR count). The van der Waals surface area contributed by atoms with Crippen LogP contribution in [0.5, 0.6) is 0 Å². The SMILES string of the molecule is Nc1cccc(-c2cccs2)c1S(=O)(=O)O. The van der Waals surface area contributed by atoms with E-state index in [9.17, 15) is 8.42 Å². The summed E-state index contributed by atoms with van der Waals surface area (Å²) in [4.78, 5) is 0.525. The van der Waals surface area contributed by atoms with Gasteiger partial charge in [-0.2, -0.15) is 8.42 Å². The molecule has 0 aliphatic carbocycles. The first kappa shape index (κ1) is 11.1. The Morgan fingerprint density at radius 3 is 2.50 bits per heavy atom. The minimum absolute atomic E-state index is 0.0494. The van der Waals surface area contributed by atoms with Crippen molar-refractivity contribution in [1.82, 2.24) is 0 Å². The van der Waals surface area contributed by atoms with Crippen molar-refractivity contribution in [2.45, 2.75) is 4.90 Å². The molecular weight excluding hydrogens is 246 g/mol. The molecule has 6 heteroatoms. The largest absolute Gasteiger partial charge is 0.398 e. The summed E-state index contributed by atoms with van der Waals surface area (Å²) in [5.41, 5.74) is 6.06. The number of nitrogen functional groups attached to an aromatic ring is 1. The Kier molecular flexibility index (Phi) is 2.71. The Morgan fingerprint density at radius 2 is 1.94 bits per heavy atom. The van der Waals surface area contributed by atoms with Crippen molar-refractivity contribution in [1.29, 1.82) is 0 Å². The van der Waals surface area contributed by atoms with Gasteiger partial charge in [0.25, 0.3) is 10.1 Å². The molecule has 0 saturated carbocycles. The molecule has 2 aromatic rings. The third-order valence-electron chi connectivity index (χ3n) is 2.09. The van der Waals surface area contributed by atoms with Gasteiger partial charge in [-0.05, 0) is 17.5 Å². The first-order chi connectivity index (χ1) is 7.50. The minimum atomic E-state index is -4.31. The van der Waals surface area contributed by atoms with Gasteiger partial charge in [-0.3, -0.25) is 4.55 Å². The molecule has 1 aromatic heterocycles. The van der Waals surface area contributed by atoms with Crippen LogP contribution in [0.2, 0.25) is 0 Å². The molecule has 0 radical (unpaired) electrons. The van der Waals surface area contributed by atoms with E-state index in [1.165, 1.54) is 17.4 Å². The fourth-order valence-corrected chi connectivity index (χ4v) is 3.11. The van der Waals surface area contributed by atoms with Crippen LogP contribution in [-0.4, -0.2) is 13.0 Å². The van der Waals surface area contributed by atoms with E-state index < -0.39 is 10.1 Å². The first-order valence-corrected chi connectivity index (χ1v) is 6.72. The fraction of sp³-hybridized carbons (Fsp3) is 0. The topological polar surface area (TPSA) is 80.4 Å². The maximum absolute atomic E-state index is 11.2. The van der Waals surface area contributed by atoms with Crippen molar-refractivity contribution in [2.75, 3.05) is 5.73 Å². The molecule has 0 saturated heterocycles. The second kappa shape index (κ2) is 3.89. The third kappa shape index (κ3) is 1.95. The van der Waals surface area contributed by atoms with Gasteiger partial charge in [-0.1, -0.05) is 18.2 Å². The second-order valence-corrected chi connectivity index (χ2v) is 5.48. The average Bonchev–Trinajstić information content (AvgIpc) is 2.67. The molecule has 0 bridgehead atoms. The van der Waals surface area contributed by atoms with Gasteiger partial charge >= 0.3 is 0 Å². The number of nitrogens with two attached hydrogens (primary N) is 1. The van der Waals surface area contributed by atoms with E-state index in [0.29, 0.717) is 5.56 Å². The van der Waals surface area contributed by atoms with E-state index in [-0.39, 0.29) is 10.6 Å². The van der Waals surface area contributed by atoms with Crippen molar-refractivity contribution in [3.63, 3.8) is 0 Å². The van der Waals surface area contributed by atoms with Crippen LogP contribution in [0, 0.1) is 0 Å². The Labute approximate surface area is 97.1 Å². The van der Waals surface area contributed by atoms with Gasteiger partial charge in [0, 0.05) is 10.4 Å². The van der Waals surface area contributed by atoms with Crippen LogP contribution in [0.25, 0.3) is 10.4 Å². The standard InChI is InChI=1S/C10H9NO3S2/c11-8-4-1-3-7(9-5-2-6-15-9)10(8)16(12,13)14/h1-6H,11H2,(H,12,13,14). The zero-order chi connectivity index (χ0) is 11.8. The van der Waals surface area contributed by atoms with Crippen LogP contribution < -0.4 is 5.73 Å². The lowest BCUT2D eigenvalue weighted by Crippen LogP contribution is -2.04. The van der Waals surface area contributed by atoms with E-state index in [1.54, 1.807) is 24.3 Å². The zero-order valence-electron chi connectivity index (χ0n) is 8.12. The van der Waals surface area contributed by atoms with Crippen molar-refractivity contribution in [3.05, 3.63) is 35.7 Å². The number of rotatable bonds is 2. The quantitative estimate of drug-likeness (QED) is 0.637. The summed E-state index contributed by atoms with van der Waals surface area (Å²) in [6.45, 7) is 0. The molecule has 1 heterocycles. The smallest absolute Gasteiger partial charge is 0.297 e. The Bertz CT molecular complexity index is 603. The predicted octanol–water partition coefficient (Wildman–Crippen LogP) is 2.24. The molecular formula is C10H9NO3S2. The normalized spacial score (nSPS) is 11.6. The first-order valence-electron chi connectivity index (χ1n) is 4.40. The molecule has 0 aliphatic heterocycles. The Balaban J connectivity index is 2.77. The summed E-state index contributed by atoms with van der Waals surface area (Å²) < 4.78 is 31.6. The molecule has 0 aliphatic rings. The summed E-state index contributed by atoms with van der Waals surface area (Å²) in [5, 5.41) is 1.83. The summed E-state index contributed by atoms with van der Waals surface area (Å²) >= 11 is 1.38. The van der Waals surface area contributed by atoms with Gasteiger partial charge in [0.05, 0.1) is 5.69 Å². The molecule has 84 valence electrons. The zero-order valence-corrected chi connectivity index (χ0v) is 9.75. The van der Waals surface area contributed by atoms with E-state index in [2.05, 4.69) is 0 Å². The lowest BCUT2D eigenvalue weighted by molar-refractivity contribution is 0.484. The van der Waals surface area contributed by atoms with Gasteiger partial charge in [-0.25, -0.2) is 0 Å². The van der Waals surface area contributed by atoms with E-state index in [4.69, 9.17) is 10.3 Å². The van der Waals surface area contributed by atoms with Crippen LogP contribution >= 0.6 is 11.3 Å². The van der Waals surface area contributed by atoms with E-state index in [1.807, 2.05) is 5.38 Å². The van der Waals surface area contributed by atoms with Gasteiger partial charge in [0.2, 0.25) is 0 Å². The highest BCUT2D eigenvalue weighted by molar-refractivity contribution is 7.86. The van der Waals surface area contributed by atoms with Crippen LogP contribution in [-0.2, 0) is 10.1 Å². The second-order valence-electron chi connectivity index (χ2n) is 3.18. The predicted molar refractivity (Wildman–Crippen MR) is 64.0 cm³/mol. The number of hydrogen-bond donors (Lipinski definition) is 2. The molecule has 4 nitrogen and oxygen atoms in total. The van der Waals surface area contributed by atoms with Crippen LogP contribution in [0.15, 0.2) is 40.6 Å². The summed E-state index contributed by atoms with van der Waals surface area (Å²) in [6, 6.07) is 8.29. The summed E-state index contributed by atoms with van der Waals surface area (Å²) in [6.07, 6.45) is 0. The molecule has 0 fully saturated rings. The molecule has 1 aromatic carbocycles. The van der Waals surface area contributed by atoms with Crippen molar-refractivity contribution < 1.29 is 13.0 Å². The molecule has 0 atom stereocenters. The van der Waals surface area contributed by atoms with E-state index in [0.717, 1.165) is 4.88 Å². The summed E-state index contributed by atoms with van der Waals surface area (Å²) in [5.74, 6) is 0. The number of thiophene rings is 1. The van der Waals surface area contributed by atoms with E-state index >= 15 is 0 Å². The Hall–Kier alpha value is -1.37. The van der Waals surface area contributed by atoms with Crippen LogP contribution in [0.3, 0.4) is 0 Å². The lowest BCUT2D eigenvalue weighted by atomic mass is 10.1. The lowest BCUT2D eigenvalue weighted by Gasteiger charge is -2.07. The highest BCUT2D eigenvalue weighted by Crippen LogP contribution is 2.33. The third-order valence-corrected chi connectivity index (χ3v) is 3.96. The molecule has 0 amide bonds. The van der Waals surface area contributed by atoms with Crippen molar-refractivity contribution in [3.8, 4) is 10.4 Å². The van der Waals surface area contributed by atoms with Crippen molar-refractivity contribution in [2.24, 2.45) is 0 Å². The van der Waals surface area contributed by atoms with Crippen LogP contribution in [0.4, 0.5) is 5.69 Å². The van der Waals surface area contributed by atoms with Gasteiger partial charge in [0.15, 0.2) is 0 Å². The maximum Gasteiger partial charge on any atom is 0.297 e. The number of hydrogen-bond acceptors (Lipinski definition) is 4. The monoisotopic (exact) mass is 255 g/mol. The molecule has 0 unspecified atom stereocenters. The highest BCUT2D eigenvalue weighted by atomic mass is 32.2. The van der Waals surface area contributed by atoms with Crippen molar-refractivity contribution >= 4 is 27.1 Å². The van der Waals surface area contributed by atoms with Crippen LogP contribution in [0.1, 0.15) is 0 Å².